The number of piperidine rings is 1. The average Bonchev–Trinajstić information content (AvgIpc) is 2.25. The maximum atomic E-state index is 2.90. The highest BCUT2D eigenvalue weighted by molar-refractivity contribution is 5.04. The fourth-order valence-corrected chi connectivity index (χ4v) is 5.04. The van der Waals surface area contributed by atoms with Crippen LogP contribution in [-0.2, 0) is 0 Å². The fraction of sp³-hybridized carbons (Fsp3) is 1.00. The second-order valence-electron chi connectivity index (χ2n) is 8.09. The minimum absolute atomic E-state index is 0.381. The average molecular weight is 268 g/mol. The van der Waals surface area contributed by atoms with Crippen LogP contribution in [0, 0.1) is 11.8 Å². The Balaban J connectivity index is 3.15. The summed E-state index contributed by atoms with van der Waals surface area (Å²) in [5, 5.41) is 0. The van der Waals surface area contributed by atoms with Crippen LogP contribution in [0.15, 0.2) is 0 Å². The van der Waals surface area contributed by atoms with Crippen LogP contribution in [0.1, 0.15) is 87.5 Å². The summed E-state index contributed by atoms with van der Waals surface area (Å²) in [7, 11) is 0. The molecule has 0 aromatic rings. The van der Waals surface area contributed by atoms with E-state index in [4.69, 9.17) is 0 Å². The van der Waals surface area contributed by atoms with Gasteiger partial charge in [0.25, 0.3) is 0 Å². The Morgan fingerprint density at radius 3 is 2.00 bits per heavy atom. The van der Waals surface area contributed by atoms with Crippen LogP contribution in [0.4, 0.5) is 0 Å². The van der Waals surface area contributed by atoms with Crippen molar-refractivity contribution in [2.45, 2.75) is 105 Å². The van der Waals surface area contributed by atoms with Crippen LogP contribution >= 0.6 is 0 Å². The van der Waals surface area contributed by atoms with Crippen LogP contribution in [0.25, 0.3) is 0 Å². The van der Waals surface area contributed by atoms with Crippen molar-refractivity contribution in [3.8, 4) is 0 Å². The Bertz CT molecular complexity index is 281. The van der Waals surface area contributed by atoms with Crippen molar-refractivity contribution in [2.75, 3.05) is 0 Å². The molecule has 19 heavy (non-hydrogen) atoms. The van der Waals surface area contributed by atoms with E-state index < -0.39 is 0 Å². The quantitative estimate of drug-likeness (QED) is 0.636. The van der Waals surface area contributed by atoms with Gasteiger partial charge in [-0.1, -0.05) is 34.6 Å². The number of nitrogens with zero attached hydrogens (tertiary/aromatic N) is 1. The van der Waals surface area contributed by atoms with E-state index in [0.717, 1.165) is 11.8 Å². The highest BCUT2D eigenvalue weighted by Crippen LogP contribution is 2.47. The molecule has 0 aromatic heterocycles. The summed E-state index contributed by atoms with van der Waals surface area (Å²) in [5.41, 5.74) is 0.767. The van der Waals surface area contributed by atoms with E-state index in [-0.39, 0.29) is 0 Å². The van der Waals surface area contributed by atoms with Gasteiger partial charge < -0.3 is 0 Å². The highest BCUT2D eigenvalue weighted by atomic mass is 15.3. The third-order valence-corrected chi connectivity index (χ3v) is 5.38. The van der Waals surface area contributed by atoms with Crippen LogP contribution in [-0.4, -0.2) is 22.0 Å². The summed E-state index contributed by atoms with van der Waals surface area (Å²) in [6, 6.07) is 0.696. The Hall–Kier alpha value is -0.0400. The minimum Gasteiger partial charge on any atom is -0.290 e. The van der Waals surface area contributed by atoms with Crippen molar-refractivity contribution < 1.29 is 0 Å². The Morgan fingerprint density at radius 1 is 1.05 bits per heavy atom. The van der Waals surface area contributed by atoms with E-state index >= 15 is 0 Å². The van der Waals surface area contributed by atoms with Gasteiger partial charge in [-0.25, -0.2) is 0 Å². The summed E-state index contributed by atoms with van der Waals surface area (Å²) < 4.78 is 0. The van der Waals surface area contributed by atoms with Gasteiger partial charge in [0.15, 0.2) is 0 Å². The van der Waals surface area contributed by atoms with Gasteiger partial charge in [-0.15, -0.1) is 0 Å². The lowest BCUT2D eigenvalue weighted by molar-refractivity contribution is -0.102. The topological polar surface area (TPSA) is 3.24 Å². The zero-order chi connectivity index (χ0) is 14.8. The van der Waals surface area contributed by atoms with Gasteiger partial charge in [0.1, 0.15) is 0 Å². The maximum Gasteiger partial charge on any atom is 0.0194 e. The molecule has 4 unspecified atom stereocenters. The molecule has 0 saturated carbocycles. The third kappa shape index (κ3) is 3.54. The molecule has 4 atom stereocenters. The van der Waals surface area contributed by atoms with E-state index in [1.165, 1.54) is 32.1 Å². The van der Waals surface area contributed by atoms with E-state index in [2.05, 4.69) is 60.3 Å². The molecule has 1 aliphatic rings. The number of likely N-dealkylation sites (tertiary alicyclic amines) is 1. The van der Waals surface area contributed by atoms with Gasteiger partial charge >= 0.3 is 0 Å². The van der Waals surface area contributed by atoms with Gasteiger partial charge in [0, 0.05) is 17.1 Å². The molecule has 0 aliphatic carbocycles. The molecule has 1 heteroatoms. The number of hydrogen-bond donors (Lipinski definition) is 0. The van der Waals surface area contributed by atoms with Crippen molar-refractivity contribution in [3.63, 3.8) is 0 Å². The summed E-state index contributed by atoms with van der Waals surface area (Å²) >= 11 is 0. The zero-order valence-electron chi connectivity index (χ0n) is 14.7. The Kier molecular flexibility index (Phi) is 5.52. The molecule has 0 amide bonds. The fourth-order valence-electron chi connectivity index (χ4n) is 5.04. The first-order valence-corrected chi connectivity index (χ1v) is 8.48. The predicted molar refractivity (Wildman–Crippen MR) is 86.5 cm³/mol. The van der Waals surface area contributed by atoms with Crippen LogP contribution in [0.3, 0.4) is 0 Å². The predicted octanol–water partition coefficient (Wildman–Crippen LogP) is 5.49. The first-order valence-electron chi connectivity index (χ1n) is 8.48. The maximum absolute atomic E-state index is 2.90. The molecular weight excluding hydrogens is 230 g/mol. The van der Waals surface area contributed by atoms with E-state index in [9.17, 15) is 0 Å². The van der Waals surface area contributed by atoms with Crippen LogP contribution in [0.2, 0.25) is 0 Å². The molecule has 1 heterocycles. The van der Waals surface area contributed by atoms with Crippen molar-refractivity contribution in [2.24, 2.45) is 11.8 Å². The summed E-state index contributed by atoms with van der Waals surface area (Å²) in [6.45, 7) is 19.4. The Morgan fingerprint density at radius 2 is 1.58 bits per heavy atom. The van der Waals surface area contributed by atoms with Gasteiger partial charge in [-0.2, -0.15) is 0 Å². The van der Waals surface area contributed by atoms with Crippen molar-refractivity contribution in [1.29, 1.82) is 0 Å². The molecule has 1 saturated heterocycles. The van der Waals surface area contributed by atoms with Crippen molar-refractivity contribution in [3.05, 3.63) is 0 Å². The van der Waals surface area contributed by atoms with E-state index in [0.29, 0.717) is 17.1 Å². The molecule has 1 nitrogen and oxygen atoms in total. The second kappa shape index (κ2) is 6.16. The molecule has 0 N–H and O–H groups in total. The monoisotopic (exact) mass is 267 g/mol. The Labute approximate surface area is 122 Å². The molecule has 0 bridgehead atoms. The lowest BCUT2D eigenvalue weighted by Crippen LogP contribution is -2.65. The SMILES string of the molecule is CCC(C)N1C(C)(CC)CC(C)CC1(C)CC(C)C. The first kappa shape index (κ1) is 17.0. The summed E-state index contributed by atoms with van der Waals surface area (Å²) in [5.74, 6) is 1.64. The van der Waals surface area contributed by atoms with Crippen molar-refractivity contribution in [1.82, 2.24) is 4.90 Å². The lowest BCUT2D eigenvalue weighted by Gasteiger charge is -2.60. The third-order valence-electron chi connectivity index (χ3n) is 5.38. The zero-order valence-corrected chi connectivity index (χ0v) is 14.7. The molecule has 1 rings (SSSR count). The molecule has 114 valence electrons. The minimum atomic E-state index is 0.381. The number of hydrogen-bond acceptors (Lipinski definition) is 1. The van der Waals surface area contributed by atoms with Gasteiger partial charge in [0.2, 0.25) is 0 Å². The lowest BCUT2D eigenvalue weighted by atomic mass is 9.68. The largest absolute Gasteiger partial charge is 0.290 e. The smallest absolute Gasteiger partial charge is 0.0194 e. The summed E-state index contributed by atoms with van der Waals surface area (Å²) in [4.78, 5) is 2.90. The molecule has 0 aromatic carbocycles. The first-order chi connectivity index (χ1) is 8.68. The molecule has 0 spiro atoms. The van der Waals surface area contributed by atoms with E-state index in [1.807, 2.05) is 0 Å². The second-order valence-corrected chi connectivity index (χ2v) is 8.09. The highest BCUT2D eigenvalue weighted by Gasteiger charge is 2.49. The molecule has 0 radical (unpaired) electrons. The van der Waals surface area contributed by atoms with Crippen LogP contribution in [0.5, 0.6) is 0 Å². The van der Waals surface area contributed by atoms with Gasteiger partial charge in [0.05, 0.1) is 0 Å². The van der Waals surface area contributed by atoms with Crippen LogP contribution < -0.4 is 0 Å². The molecular formula is C18H37N. The summed E-state index contributed by atoms with van der Waals surface area (Å²) in [6.07, 6.45) is 6.59. The standard InChI is InChI=1S/C18H37N/c1-9-16(6)19-17(7,10-2)12-15(5)13-18(19,8)11-14(3)4/h14-16H,9-13H2,1-8H3. The molecule has 1 aliphatic heterocycles. The number of rotatable bonds is 5. The van der Waals surface area contributed by atoms with E-state index in [1.54, 1.807) is 0 Å². The van der Waals surface area contributed by atoms with Gasteiger partial charge in [-0.3, -0.25) is 4.90 Å². The molecule has 1 fully saturated rings. The van der Waals surface area contributed by atoms with Gasteiger partial charge in [-0.05, 0) is 64.7 Å². The normalized spacial score (nSPS) is 38.7. The van der Waals surface area contributed by atoms with Crippen molar-refractivity contribution >= 4 is 0 Å².